The second kappa shape index (κ2) is 5.10. The van der Waals surface area contributed by atoms with Crippen molar-refractivity contribution in [1.29, 1.82) is 0 Å². The van der Waals surface area contributed by atoms with Crippen LogP contribution < -0.4 is 15.2 Å². The van der Waals surface area contributed by atoms with E-state index < -0.39 is 10.7 Å². The smallest absolute Gasteiger partial charge is 0.437 e. The number of hydrogen-bond acceptors (Lipinski definition) is 7. The third-order valence-electron chi connectivity index (χ3n) is 1.60. The van der Waals surface area contributed by atoms with Crippen molar-refractivity contribution in [1.82, 2.24) is 9.97 Å². The van der Waals surface area contributed by atoms with Crippen LogP contribution in [0.5, 0.6) is 11.9 Å². The third-order valence-corrected chi connectivity index (χ3v) is 1.60. The van der Waals surface area contributed by atoms with E-state index in [-0.39, 0.29) is 17.6 Å². The van der Waals surface area contributed by atoms with Gasteiger partial charge in [-0.2, -0.15) is 0 Å². The number of anilines is 1. The molecule has 8 nitrogen and oxygen atoms in total. The molecular weight excluding hydrogens is 216 g/mol. The Hall–Kier alpha value is -2.12. The van der Waals surface area contributed by atoms with Gasteiger partial charge in [0.1, 0.15) is 0 Å². The van der Waals surface area contributed by atoms with E-state index in [2.05, 4.69) is 9.97 Å². The van der Waals surface area contributed by atoms with Crippen molar-refractivity contribution in [2.24, 2.45) is 0 Å². The molecule has 0 aliphatic heterocycles. The predicted octanol–water partition coefficient (Wildman–Crippen LogP) is 0.764. The quantitative estimate of drug-likeness (QED) is 0.584. The molecule has 0 bridgehead atoms. The summed E-state index contributed by atoms with van der Waals surface area (Å²) in [7, 11) is 0. The molecule has 0 atom stereocenters. The Balaban J connectivity index is 3.21. The van der Waals surface area contributed by atoms with Crippen LogP contribution in [-0.4, -0.2) is 28.1 Å². The van der Waals surface area contributed by atoms with Crippen LogP contribution in [0.25, 0.3) is 0 Å². The molecule has 88 valence electrons. The molecule has 0 aliphatic rings. The zero-order valence-corrected chi connectivity index (χ0v) is 8.97. The molecule has 0 saturated heterocycles. The number of nitrogen functional groups attached to an aromatic ring is 1. The van der Waals surface area contributed by atoms with Gasteiger partial charge in [-0.15, -0.1) is 4.98 Å². The molecule has 16 heavy (non-hydrogen) atoms. The summed E-state index contributed by atoms with van der Waals surface area (Å²) in [6.07, 6.45) is 0. The monoisotopic (exact) mass is 228 g/mol. The van der Waals surface area contributed by atoms with E-state index in [1.165, 1.54) is 0 Å². The molecule has 0 unspecified atom stereocenters. The molecule has 0 aliphatic carbocycles. The number of nitrogens with two attached hydrogens (primary N) is 1. The molecule has 0 fully saturated rings. The van der Waals surface area contributed by atoms with Crippen molar-refractivity contribution in [3.63, 3.8) is 0 Å². The second-order valence-electron chi connectivity index (χ2n) is 2.67. The molecule has 1 rings (SSSR count). The number of ether oxygens (including phenoxy) is 2. The van der Waals surface area contributed by atoms with Crippen LogP contribution in [0.15, 0.2) is 0 Å². The summed E-state index contributed by atoms with van der Waals surface area (Å²) in [5, 5.41) is 10.7. The zero-order chi connectivity index (χ0) is 12.1. The molecule has 0 aromatic carbocycles. The fourth-order valence-corrected chi connectivity index (χ4v) is 0.998. The van der Waals surface area contributed by atoms with E-state index in [0.717, 1.165) is 0 Å². The fourth-order valence-electron chi connectivity index (χ4n) is 0.998. The lowest BCUT2D eigenvalue weighted by Gasteiger charge is -2.06. The number of hydrogen-bond donors (Lipinski definition) is 1. The van der Waals surface area contributed by atoms with E-state index in [9.17, 15) is 10.1 Å². The fraction of sp³-hybridized carbons (Fsp3) is 0.500. The molecule has 0 amide bonds. The maximum Gasteiger partial charge on any atom is 0.437 e. The minimum absolute atomic E-state index is 0.0346. The first-order valence-electron chi connectivity index (χ1n) is 4.67. The van der Waals surface area contributed by atoms with Gasteiger partial charge in [0.05, 0.1) is 13.2 Å². The van der Waals surface area contributed by atoms with Crippen LogP contribution in [-0.2, 0) is 0 Å². The van der Waals surface area contributed by atoms with Crippen LogP contribution in [0.1, 0.15) is 13.8 Å². The highest BCUT2D eigenvalue weighted by atomic mass is 16.6. The summed E-state index contributed by atoms with van der Waals surface area (Å²) in [6, 6.07) is -0.119. The van der Waals surface area contributed by atoms with Gasteiger partial charge >= 0.3 is 11.8 Å². The zero-order valence-electron chi connectivity index (χ0n) is 8.97. The molecule has 1 aromatic rings. The van der Waals surface area contributed by atoms with Gasteiger partial charge in [-0.05, 0) is 18.8 Å². The summed E-state index contributed by atoms with van der Waals surface area (Å²) in [5.41, 5.74) is 5.29. The van der Waals surface area contributed by atoms with Gasteiger partial charge < -0.3 is 25.3 Å². The Morgan fingerprint density at radius 1 is 1.31 bits per heavy atom. The predicted molar refractivity (Wildman–Crippen MR) is 55.4 cm³/mol. The first-order valence-corrected chi connectivity index (χ1v) is 4.67. The third kappa shape index (κ3) is 2.47. The molecule has 0 spiro atoms. The number of nitrogens with zero attached hydrogens (tertiary/aromatic N) is 3. The topological polar surface area (TPSA) is 113 Å². The van der Waals surface area contributed by atoms with Crippen molar-refractivity contribution in [2.45, 2.75) is 13.8 Å². The average Bonchev–Trinajstić information content (AvgIpc) is 2.23. The maximum atomic E-state index is 10.7. The lowest BCUT2D eigenvalue weighted by atomic mass is 10.4. The number of aromatic nitrogens is 2. The van der Waals surface area contributed by atoms with Gasteiger partial charge in [-0.1, -0.05) is 0 Å². The molecule has 2 N–H and O–H groups in total. The molecule has 8 heteroatoms. The summed E-state index contributed by atoms with van der Waals surface area (Å²) < 4.78 is 10.0. The Labute approximate surface area is 91.6 Å². The largest absolute Gasteiger partial charge is 0.476 e. The van der Waals surface area contributed by atoms with Crippen molar-refractivity contribution >= 4 is 11.5 Å². The molecule has 1 aromatic heterocycles. The summed E-state index contributed by atoms with van der Waals surface area (Å²) in [6.45, 7) is 4.02. The van der Waals surface area contributed by atoms with E-state index in [4.69, 9.17) is 15.2 Å². The van der Waals surface area contributed by atoms with Gasteiger partial charge in [0.15, 0.2) is 5.69 Å². The van der Waals surface area contributed by atoms with E-state index in [0.29, 0.717) is 13.2 Å². The van der Waals surface area contributed by atoms with Crippen molar-refractivity contribution in [3.05, 3.63) is 10.1 Å². The highest BCUT2D eigenvalue weighted by Crippen LogP contribution is 2.29. The van der Waals surface area contributed by atoms with Crippen molar-refractivity contribution in [3.8, 4) is 11.9 Å². The van der Waals surface area contributed by atoms with E-state index in [1.54, 1.807) is 13.8 Å². The van der Waals surface area contributed by atoms with Gasteiger partial charge in [0, 0.05) is 4.98 Å². The summed E-state index contributed by atoms with van der Waals surface area (Å²) >= 11 is 0. The van der Waals surface area contributed by atoms with Gasteiger partial charge in [-0.25, -0.2) is 0 Å². The Bertz CT molecular complexity index is 396. The van der Waals surface area contributed by atoms with Crippen LogP contribution in [0.3, 0.4) is 0 Å². The average molecular weight is 228 g/mol. The van der Waals surface area contributed by atoms with Crippen molar-refractivity contribution < 1.29 is 14.4 Å². The first-order chi connectivity index (χ1) is 7.60. The lowest BCUT2D eigenvalue weighted by Crippen LogP contribution is -2.08. The highest BCUT2D eigenvalue weighted by Gasteiger charge is 2.23. The molecule has 0 radical (unpaired) electrons. The second-order valence-corrected chi connectivity index (χ2v) is 2.67. The van der Waals surface area contributed by atoms with Crippen LogP contribution in [0.2, 0.25) is 0 Å². The Kier molecular flexibility index (Phi) is 3.81. The van der Waals surface area contributed by atoms with Gasteiger partial charge in [0.25, 0.3) is 5.88 Å². The molecule has 0 saturated carbocycles. The van der Waals surface area contributed by atoms with E-state index in [1.807, 2.05) is 0 Å². The summed E-state index contributed by atoms with van der Waals surface area (Å²) in [5.74, 6) is -0.547. The Morgan fingerprint density at radius 3 is 2.44 bits per heavy atom. The number of rotatable bonds is 5. The minimum Gasteiger partial charge on any atom is -0.476 e. The first kappa shape index (κ1) is 12.0. The summed E-state index contributed by atoms with van der Waals surface area (Å²) in [4.78, 5) is 17.3. The molecular formula is C8H12N4O4. The van der Waals surface area contributed by atoms with Crippen molar-refractivity contribution in [2.75, 3.05) is 18.9 Å². The Morgan fingerprint density at radius 2 is 1.94 bits per heavy atom. The normalized spacial score (nSPS) is 9.88. The minimum atomic E-state index is -0.706. The maximum absolute atomic E-state index is 10.7. The number of nitro groups is 1. The standard InChI is InChI=1S/C8H12N4O4/c1-3-15-7-5(9)6(12(13)14)10-8(11-7)16-4-2/h3-4,9H2,1-2H3. The van der Waals surface area contributed by atoms with Crippen LogP contribution in [0, 0.1) is 10.1 Å². The SMILES string of the molecule is CCOc1nc(OCC)c(N)c([N+](=O)[O-])n1. The highest BCUT2D eigenvalue weighted by molar-refractivity contribution is 5.60. The van der Waals surface area contributed by atoms with Crippen LogP contribution in [0.4, 0.5) is 11.5 Å². The van der Waals surface area contributed by atoms with Gasteiger partial charge in [-0.3, -0.25) is 0 Å². The van der Waals surface area contributed by atoms with Crippen LogP contribution >= 0.6 is 0 Å². The lowest BCUT2D eigenvalue weighted by molar-refractivity contribution is -0.388. The van der Waals surface area contributed by atoms with Gasteiger partial charge in [0.2, 0.25) is 0 Å². The van der Waals surface area contributed by atoms with E-state index >= 15 is 0 Å². The molecule has 1 heterocycles.